The molecule has 0 amide bonds. The molecule has 1 heterocycles. The molecule has 0 bridgehead atoms. The molecular weight excluding hydrogens is 170 g/mol. The van der Waals surface area contributed by atoms with Gasteiger partial charge in [-0.1, -0.05) is 0 Å². The summed E-state index contributed by atoms with van der Waals surface area (Å²) in [5.41, 5.74) is 5.35. The molecule has 0 aliphatic carbocycles. The smallest absolute Gasteiger partial charge is 0.306 e. The number of hydrogen-bond acceptors (Lipinski definition) is 3. The van der Waals surface area contributed by atoms with Crippen molar-refractivity contribution >= 4 is 5.97 Å². The molecular formula is C9H17NO3. The van der Waals surface area contributed by atoms with E-state index in [0.29, 0.717) is 26.2 Å². The van der Waals surface area contributed by atoms with E-state index < -0.39 is 5.97 Å². The molecule has 1 aliphatic heterocycles. The Bertz CT molecular complexity index is 166. The van der Waals surface area contributed by atoms with Crippen LogP contribution in [0.25, 0.3) is 0 Å². The summed E-state index contributed by atoms with van der Waals surface area (Å²) < 4.78 is 5.17. The SMILES string of the molecule is NCCCC(C(=O)O)C1CCOC1. The Morgan fingerprint density at radius 3 is 2.92 bits per heavy atom. The molecule has 4 nitrogen and oxygen atoms in total. The number of carboxylic acid groups (broad SMARTS) is 1. The predicted molar refractivity (Wildman–Crippen MR) is 48.3 cm³/mol. The molecule has 2 atom stereocenters. The number of aliphatic carboxylic acids is 1. The van der Waals surface area contributed by atoms with Crippen molar-refractivity contribution in [1.29, 1.82) is 0 Å². The van der Waals surface area contributed by atoms with Gasteiger partial charge in [-0.2, -0.15) is 0 Å². The van der Waals surface area contributed by atoms with Crippen molar-refractivity contribution in [2.45, 2.75) is 19.3 Å². The van der Waals surface area contributed by atoms with Crippen LogP contribution in [0.3, 0.4) is 0 Å². The van der Waals surface area contributed by atoms with Crippen molar-refractivity contribution < 1.29 is 14.6 Å². The highest BCUT2D eigenvalue weighted by molar-refractivity contribution is 5.70. The number of hydrogen-bond donors (Lipinski definition) is 2. The summed E-state index contributed by atoms with van der Waals surface area (Å²) in [7, 11) is 0. The molecule has 13 heavy (non-hydrogen) atoms. The summed E-state index contributed by atoms with van der Waals surface area (Å²) in [6.45, 7) is 1.87. The van der Waals surface area contributed by atoms with Gasteiger partial charge in [0.2, 0.25) is 0 Å². The molecule has 1 rings (SSSR count). The van der Waals surface area contributed by atoms with Gasteiger partial charge in [0.15, 0.2) is 0 Å². The van der Waals surface area contributed by atoms with Gasteiger partial charge in [0, 0.05) is 6.61 Å². The Kier molecular flexibility index (Phi) is 4.18. The van der Waals surface area contributed by atoms with Gasteiger partial charge >= 0.3 is 5.97 Å². The van der Waals surface area contributed by atoms with Crippen molar-refractivity contribution in [3.8, 4) is 0 Å². The maximum atomic E-state index is 10.9. The molecule has 1 aliphatic rings. The van der Waals surface area contributed by atoms with Crippen LogP contribution in [-0.4, -0.2) is 30.8 Å². The summed E-state index contributed by atoms with van der Waals surface area (Å²) >= 11 is 0. The first-order valence-electron chi connectivity index (χ1n) is 4.76. The predicted octanol–water partition coefficient (Wildman–Crippen LogP) is 0.463. The normalized spacial score (nSPS) is 24.5. The first kappa shape index (κ1) is 10.5. The van der Waals surface area contributed by atoms with Crippen LogP contribution < -0.4 is 5.73 Å². The summed E-state index contributed by atoms with van der Waals surface area (Å²) in [6, 6.07) is 0. The molecule has 4 heteroatoms. The third-order valence-electron chi connectivity index (χ3n) is 2.57. The van der Waals surface area contributed by atoms with Gasteiger partial charge in [-0.05, 0) is 31.7 Å². The van der Waals surface area contributed by atoms with Crippen LogP contribution in [0.1, 0.15) is 19.3 Å². The second-order valence-electron chi connectivity index (χ2n) is 3.50. The first-order chi connectivity index (χ1) is 6.25. The van der Waals surface area contributed by atoms with E-state index in [1.165, 1.54) is 0 Å². The highest BCUT2D eigenvalue weighted by Gasteiger charge is 2.30. The lowest BCUT2D eigenvalue weighted by Crippen LogP contribution is -2.24. The maximum absolute atomic E-state index is 10.9. The van der Waals surface area contributed by atoms with E-state index in [4.69, 9.17) is 15.6 Å². The highest BCUT2D eigenvalue weighted by Crippen LogP contribution is 2.25. The molecule has 0 spiro atoms. The standard InChI is InChI=1S/C9H17NO3/c10-4-1-2-8(9(11)12)7-3-5-13-6-7/h7-8H,1-6,10H2,(H,11,12). The third kappa shape index (κ3) is 2.97. The minimum atomic E-state index is -0.705. The van der Waals surface area contributed by atoms with Crippen molar-refractivity contribution in [1.82, 2.24) is 0 Å². The summed E-state index contributed by atoms with van der Waals surface area (Å²) in [4.78, 5) is 10.9. The lowest BCUT2D eigenvalue weighted by atomic mass is 9.88. The van der Waals surface area contributed by atoms with E-state index in [2.05, 4.69) is 0 Å². The number of ether oxygens (including phenoxy) is 1. The largest absolute Gasteiger partial charge is 0.481 e. The monoisotopic (exact) mass is 187 g/mol. The number of rotatable bonds is 5. The molecule has 0 radical (unpaired) electrons. The molecule has 3 N–H and O–H groups in total. The Hall–Kier alpha value is -0.610. The van der Waals surface area contributed by atoms with E-state index >= 15 is 0 Å². The third-order valence-corrected chi connectivity index (χ3v) is 2.57. The fourth-order valence-electron chi connectivity index (χ4n) is 1.77. The van der Waals surface area contributed by atoms with Gasteiger partial charge in [0.1, 0.15) is 0 Å². The van der Waals surface area contributed by atoms with E-state index in [1.54, 1.807) is 0 Å². The number of carbonyl (C=O) groups is 1. The van der Waals surface area contributed by atoms with Crippen LogP contribution in [0, 0.1) is 11.8 Å². The van der Waals surface area contributed by atoms with E-state index in [9.17, 15) is 4.79 Å². The van der Waals surface area contributed by atoms with Crippen LogP contribution in [0.15, 0.2) is 0 Å². The van der Waals surface area contributed by atoms with Gasteiger partial charge in [0.05, 0.1) is 12.5 Å². The second-order valence-corrected chi connectivity index (χ2v) is 3.50. The fourth-order valence-corrected chi connectivity index (χ4v) is 1.77. The van der Waals surface area contributed by atoms with E-state index in [-0.39, 0.29) is 11.8 Å². The fraction of sp³-hybridized carbons (Fsp3) is 0.889. The van der Waals surface area contributed by atoms with Crippen LogP contribution >= 0.6 is 0 Å². The van der Waals surface area contributed by atoms with Crippen molar-refractivity contribution in [2.24, 2.45) is 17.6 Å². The van der Waals surface area contributed by atoms with Crippen molar-refractivity contribution in [3.05, 3.63) is 0 Å². The molecule has 2 unspecified atom stereocenters. The molecule has 1 fully saturated rings. The minimum Gasteiger partial charge on any atom is -0.481 e. The summed E-state index contributed by atoms with van der Waals surface area (Å²) in [5.74, 6) is -0.765. The Morgan fingerprint density at radius 2 is 2.46 bits per heavy atom. The topological polar surface area (TPSA) is 72.6 Å². The zero-order valence-electron chi connectivity index (χ0n) is 7.74. The number of nitrogens with two attached hydrogens (primary N) is 1. The minimum absolute atomic E-state index is 0.198. The average Bonchev–Trinajstić information content (AvgIpc) is 2.57. The van der Waals surface area contributed by atoms with Crippen LogP contribution in [-0.2, 0) is 9.53 Å². The van der Waals surface area contributed by atoms with Crippen molar-refractivity contribution in [3.63, 3.8) is 0 Å². The van der Waals surface area contributed by atoms with Gasteiger partial charge in [-0.3, -0.25) is 4.79 Å². The van der Waals surface area contributed by atoms with Gasteiger partial charge < -0.3 is 15.6 Å². The van der Waals surface area contributed by atoms with Crippen LogP contribution in [0.4, 0.5) is 0 Å². The van der Waals surface area contributed by atoms with Crippen LogP contribution in [0.5, 0.6) is 0 Å². The van der Waals surface area contributed by atoms with Gasteiger partial charge in [0.25, 0.3) is 0 Å². The maximum Gasteiger partial charge on any atom is 0.306 e. The van der Waals surface area contributed by atoms with Crippen molar-refractivity contribution in [2.75, 3.05) is 19.8 Å². The Balaban J connectivity index is 2.40. The average molecular weight is 187 g/mol. The lowest BCUT2D eigenvalue weighted by molar-refractivity contribution is -0.144. The zero-order chi connectivity index (χ0) is 9.68. The molecule has 0 aromatic rings. The van der Waals surface area contributed by atoms with E-state index in [1.807, 2.05) is 0 Å². The second kappa shape index (κ2) is 5.19. The van der Waals surface area contributed by atoms with E-state index in [0.717, 1.165) is 12.8 Å². The summed E-state index contributed by atoms with van der Waals surface area (Å²) in [5, 5.41) is 8.96. The van der Waals surface area contributed by atoms with Gasteiger partial charge in [-0.25, -0.2) is 0 Å². The lowest BCUT2D eigenvalue weighted by Gasteiger charge is -2.17. The zero-order valence-corrected chi connectivity index (χ0v) is 7.74. The molecule has 1 saturated heterocycles. The molecule has 76 valence electrons. The molecule has 0 aromatic carbocycles. The summed E-state index contributed by atoms with van der Waals surface area (Å²) in [6.07, 6.45) is 2.34. The van der Waals surface area contributed by atoms with Gasteiger partial charge in [-0.15, -0.1) is 0 Å². The molecule has 0 aromatic heterocycles. The Morgan fingerprint density at radius 1 is 1.69 bits per heavy atom. The van der Waals surface area contributed by atoms with Crippen LogP contribution in [0.2, 0.25) is 0 Å². The quantitative estimate of drug-likeness (QED) is 0.656. The highest BCUT2D eigenvalue weighted by atomic mass is 16.5. The molecule has 0 saturated carbocycles. The number of carboxylic acids is 1. The first-order valence-corrected chi connectivity index (χ1v) is 4.76. The Labute approximate surface area is 78.1 Å².